The number of allylic oxidation sites excluding steroid dienone is 4. The largest absolute Gasteiger partial charge is 0.314 e. The number of rotatable bonds is 8. The lowest BCUT2D eigenvalue weighted by Gasteiger charge is -2.30. The molecule has 0 amide bonds. The van der Waals surface area contributed by atoms with Crippen molar-refractivity contribution in [3.63, 3.8) is 0 Å². The number of anilines is 5. The van der Waals surface area contributed by atoms with E-state index in [0.29, 0.717) is 0 Å². The van der Waals surface area contributed by atoms with E-state index in [2.05, 4.69) is 252 Å². The summed E-state index contributed by atoms with van der Waals surface area (Å²) in [5.41, 5.74) is 12.0. The van der Waals surface area contributed by atoms with Crippen LogP contribution in [0.15, 0.2) is 248 Å². The minimum absolute atomic E-state index is 0.989. The monoisotopic (exact) mass is 816 g/mol. The molecule has 0 N–H and O–H groups in total. The van der Waals surface area contributed by atoms with Crippen LogP contribution >= 0.6 is 0 Å². The molecule has 0 bridgehead atoms. The molecule has 0 fully saturated rings. The standard InChI is InChI=1S/C62H44N2/c1-5-21-44(22-6-1)63(45-23-7-2-8-24-45)60-39-37-52(48-29-13-17-33-54(48)60)58-41-43-42-59(51-32-16-20-36-57(51)62(43)56-35-19-15-31-50(56)58)53-38-40-61(55-34-18-14-30-49(53)55)64(46-25-9-3-10-26-46)47-27-11-4-12-28-47/h1-11,13-27,29-42H,12,28H2. The molecule has 0 unspecified atom stereocenters. The van der Waals surface area contributed by atoms with E-state index in [1.807, 2.05) is 0 Å². The van der Waals surface area contributed by atoms with Crippen LogP contribution in [0.5, 0.6) is 0 Å². The number of benzene rings is 11. The summed E-state index contributed by atoms with van der Waals surface area (Å²) in [6, 6.07) is 82.3. The molecule has 0 atom stereocenters. The van der Waals surface area contributed by atoms with E-state index in [1.54, 1.807) is 0 Å². The van der Waals surface area contributed by atoms with Gasteiger partial charge in [0.05, 0.1) is 11.4 Å². The molecule has 0 spiro atoms. The fraction of sp³-hybridized carbons (Fsp3) is 0.0323. The third-order valence-corrected chi connectivity index (χ3v) is 13.0. The summed E-state index contributed by atoms with van der Waals surface area (Å²) in [5, 5.41) is 12.4. The molecule has 0 aliphatic heterocycles. The van der Waals surface area contributed by atoms with Crippen LogP contribution in [0.2, 0.25) is 0 Å². The van der Waals surface area contributed by atoms with Crippen molar-refractivity contribution in [2.75, 3.05) is 9.80 Å². The summed E-state index contributed by atoms with van der Waals surface area (Å²) in [6.07, 6.45) is 8.76. The van der Waals surface area contributed by atoms with E-state index >= 15 is 0 Å². The minimum Gasteiger partial charge on any atom is -0.314 e. The van der Waals surface area contributed by atoms with Gasteiger partial charge in [0.2, 0.25) is 0 Å². The zero-order valence-electron chi connectivity index (χ0n) is 35.4. The van der Waals surface area contributed by atoms with Gasteiger partial charge in [-0.05, 0) is 145 Å². The predicted octanol–water partition coefficient (Wildman–Crippen LogP) is 17.6. The molecule has 0 saturated heterocycles. The summed E-state index contributed by atoms with van der Waals surface area (Å²) in [6.45, 7) is 0. The van der Waals surface area contributed by atoms with Gasteiger partial charge in [-0.2, -0.15) is 0 Å². The van der Waals surface area contributed by atoms with Gasteiger partial charge < -0.3 is 9.80 Å². The Morgan fingerprint density at radius 2 is 0.688 bits per heavy atom. The van der Waals surface area contributed by atoms with Crippen molar-refractivity contribution in [1.29, 1.82) is 0 Å². The molecule has 2 heteroatoms. The highest BCUT2D eigenvalue weighted by molar-refractivity contribution is 6.27. The van der Waals surface area contributed by atoms with E-state index < -0.39 is 0 Å². The lowest BCUT2D eigenvalue weighted by atomic mass is 9.85. The van der Waals surface area contributed by atoms with Gasteiger partial charge in [0.25, 0.3) is 0 Å². The highest BCUT2D eigenvalue weighted by Crippen LogP contribution is 2.48. The second-order valence-electron chi connectivity index (χ2n) is 16.7. The number of para-hydroxylation sites is 3. The van der Waals surface area contributed by atoms with Crippen LogP contribution < -0.4 is 9.80 Å². The molecule has 302 valence electrons. The first-order valence-corrected chi connectivity index (χ1v) is 22.3. The first kappa shape index (κ1) is 37.6. The van der Waals surface area contributed by atoms with Crippen LogP contribution in [0.4, 0.5) is 28.4 Å². The highest BCUT2D eigenvalue weighted by atomic mass is 15.2. The van der Waals surface area contributed by atoms with Crippen molar-refractivity contribution in [3.8, 4) is 22.3 Å². The van der Waals surface area contributed by atoms with Crippen LogP contribution in [-0.2, 0) is 0 Å². The highest BCUT2D eigenvalue weighted by Gasteiger charge is 2.22. The van der Waals surface area contributed by atoms with Gasteiger partial charge in [0.1, 0.15) is 0 Å². The van der Waals surface area contributed by atoms with Crippen LogP contribution in [0.3, 0.4) is 0 Å². The van der Waals surface area contributed by atoms with Crippen LogP contribution in [0.25, 0.3) is 76.1 Å². The van der Waals surface area contributed by atoms with Crippen molar-refractivity contribution in [2.24, 2.45) is 0 Å². The number of nitrogens with zero attached hydrogens (tertiary/aromatic N) is 2. The lowest BCUT2D eigenvalue weighted by Crippen LogP contribution is -2.17. The molecule has 11 aromatic rings. The zero-order valence-corrected chi connectivity index (χ0v) is 35.4. The fourth-order valence-corrected chi connectivity index (χ4v) is 10.2. The van der Waals surface area contributed by atoms with Crippen molar-refractivity contribution in [2.45, 2.75) is 12.8 Å². The van der Waals surface area contributed by atoms with Crippen molar-refractivity contribution >= 4 is 82.3 Å². The number of fused-ring (bicyclic) bond motifs is 7. The number of hydrogen-bond donors (Lipinski definition) is 0. The Kier molecular flexibility index (Phi) is 9.34. The molecular formula is C62H44N2. The summed E-state index contributed by atoms with van der Waals surface area (Å²) >= 11 is 0. The third kappa shape index (κ3) is 6.34. The first-order chi connectivity index (χ1) is 31.8. The van der Waals surface area contributed by atoms with Crippen molar-refractivity contribution in [1.82, 2.24) is 0 Å². The van der Waals surface area contributed by atoms with E-state index in [4.69, 9.17) is 0 Å². The Labute approximate surface area is 373 Å². The Balaban J connectivity index is 1.09. The average molecular weight is 817 g/mol. The van der Waals surface area contributed by atoms with Gasteiger partial charge in [-0.3, -0.25) is 0 Å². The van der Waals surface area contributed by atoms with Crippen molar-refractivity contribution in [3.05, 3.63) is 248 Å². The van der Waals surface area contributed by atoms with Crippen LogP contribution in [0, 0.1) is 0 Å². The second-order valence-corrected chi connectivity index (χ2v) is 16.7. The normalized spacial score (nSPS) is 12.6. The fourth-order valence-electron chi connectivity index (χ4n) is 10.2. The maximum absolute atomic E-state index is 2.46. The number of hydrogen-bond acceptors (Lipinski definition) is 2. The average Bonchev–Trinajstić information content (AvgIpc) is 3.37. The molecule has 0 radical (unpaired) electrons. The molecule has 0 aromatic heterocycles. The van der Waals surface area contributed by atoms with E-state index in [9.17, 15) is 0 Å². The summed E-state index contributed by atoms with van der Waals surface area (Å²) in [7, 11) is 0. The van der Waals surface area contributed by atoms with Gasteiger partial charge in [-0.15, -0.1) is 0 Å². The first-order valence-electron chi connectivity index (χ1n) is 22.3. The van der Waals surface area contributed by atoms with E-state index in [0.717, 1.165) is 29.9 Å². The second kappa shape index (κ2) is 15.9. The van der Waals surface area contributed by atoms with Gasteiger partial charge in [0, 0.05) is 33.5 Å². The summed E-state index contributed by atoms with van der Waals surface area (Å²) in [5.74, 6) is 0. The Hall–Kier alpha value is -8.20. The van der Waals surface area contributed by atoms with Crippen LogP contribution in [-0.4, -0.2) is 0 Å². The Morgan fingerprint density at radius 1 is 0.312 bits per heavy atom. The Bertz CT molecular complexity index is 3570. The van der Waals surface area contributed by atoms with Gasteiger partial charge >= 0.3 is 0 Å². The minimum atomic E-state index is 0.989. The predicted molar refractivity (Wildman–Crippen MR) is 275 cm³/mol. The molecule has 12 rings (SSSR count). The Morgan fingerprint density at radius 3 is 1.12 bits per heavy atom. The molecule has 11 aromatic carbocycles. The molecule has 1 aliphatic carbocycles. The van der Waals surface area contributed by atoms with Gasteiger partial charge in [-0.1, -0.05) is 176 Å². The quantitative estimate of drug-likeness (QED) is 0.141. The van der Waals surface area contributed by atoms with Crippen molar-refractivity contribution < 1.29 is 0 Å². The topological polar surface area (TPSA) is 6.48 Å². The third-order valence-electron chi connectivity index (χ3n) is 13.0. The molecule has 2 nitrogen and oxygen atoms in total. The van der Waals surface area contributed by atoms with Gasteiger partial charge in [-0.25, -0.2) is 0 Å². The zero-order chi connectivity index (χ0) is 42.4. The van der Waals surface area contributed by atoms with Gasteiger partial charge in [0.15, 0.2) is 0 Å². The van der Waals surface area contributed by atoms with E-state index in [-0.39, 0.29) is 0 Å². The summed E-state index contributed by atoms with van der Waals surface area (Å²) in [4.78, 5) is 4.84. The SMILES string of the molecule is C1=CCCC(N(c2ccccc2)c2ccc(-c3cc4cc(-c5ccc(N(c6ccccc6)c6ccccc6)c6ccccc56)c5ccccc5c4c4ccccc34)c3ccccc23)=C1. The molecule has 1 aliphatic rings. The summed E-state index contributed by atoms with van der Waals surface area (Å²) < 4.78 is 0. The maximum atomic E-state index is 2.46. The lowest BCUT2D eigenvalue weighted by molar-refractivity contribution is 0.919. The molecule has 0 heterocycles. The van der Waals surface area contributed by atoms with Crippen LogP contribution in [0.1, 0.15) is 12.8 Å². The maximum Gasteiger partial charge on any atom is 0.0540 e. The molecular weight excluding hydrogens is 773 g/mol. The molecule has 0 saturated carbocycles. The van der Waals surface area contributed by atoms with E-state index in [1.165, 1.54) is 93.2 Å². The smallest absolute Gasteiger partial charge is 0.0540 e. The molecule has 64 heavy (non-hydrogen) atoms.